The normalized spacial score (nSPS) is 11.3. The maximum absolute atomic E-state index is 5.92. The van der Waals surface area contributed by atoms with Gasteiger partial charge in [0.1, 0.15) is 0 Å². The molecule has 0 aliphatic rings. The van der Waals surface area contributed by atoms with E-state index in [1.54, 1.807) is 11.3 Å². The highest BCUT2D eigenvalue weighted by molar-refractivity contribution is 7.16. The van der Waals surface area contributed by atoms with Crippen LogP contribution in [0.5, 0.6) is 0 Å². The van der Waals surface area contributed by atoms with Gasteiger partial charge in [0.05, 0.1) is 16.6 Å². The molecule has 0 fully saturated rings. The molecule has 17 heavy (non-hydrogen) atoms. The smallest absolute Gasteiger partial charge is 0.0931 e. The Morgan fingerprint density at radius 3 is 2.88 bits per heavy atom. The van der Waals surface area contributed by atoms with E-state index in [9.17, 15) is 0 Å². The van der Waals surface area contributed by atoms with Crippen LogP contribution in [0, 0.1) is 0 Å². The van der Waals surface area contributed by atoms with E-state index in [-0.39, 0.29) is 0 Å². The second kappa shape index (κ2) is 5.67. The number of aromatic nitrogens is 2. The zero-order chi connectivity index (χ0) is 12.3. The molecule has 5 heteroatoms. The van der Waals surface area contributed by atoms with Crippen LogP contribution < -0.4 is 5.32 Å². The summed E-state index contributed by atoms with van der Waals surface area (Å²) in [7, 11) is 0. The summed E-state index contributed by atoms with van der Waals surface area (Å²) in [5.74, 6) is 0. The van der Waals surface area contributed by atoms with Crippen LogP contribution in [0.4, 0.5) is 0 Å². The molecule has 0 atom stereocenters. The van der Waals surface area contributed by atoms with Crippen molar-refractivity contribution in [3.05, 3.63) is 39.3 Å². The van der Waals surface area contributed by atoms with E-state index in [0.717, 1.165) is 17.4 Å². The fourth-order valence-electron chi connectivity index (χ4n) is 1.55. The summed E-state index contributed by atoms with van der Waals surface area (Å²) in [5, 5.41) is 7.73. The lowest BCUT2D eigenvalue weighted by Crippen LogP contribution is -2.23. The van der Waals surface area contributed by atoms with Crippen LogP contribution in [0.25, 0.3) is 0 Å². The summed E-state index contributed by atoms with van der Waals surface area (Å²) < 4.78 is 2.84. The van der Waals surface area contributed by atoms with Gasteiger partial charge in [0.2, 0.25) is 0 Å². The second-order valence-electron chi connectivity index (χ2n) is 4.22. The summed E-state index contributed by atoms with van der Waals surface area (Å²) >= 11 is 7.52. The predicted molar refractivity (Wildman–Crippen MR) is 72.6 cm³/mol. The maximum Gasteiger partial charge on any atom is 0.0931 e. The number of halogens is 1. The van der Waals surface area contributed by atoms with E-state index in [1.165, 1.54) is 10.6 Å². The zero-order valence-electron chi connectivity index (χ0n) is 9.98. The fraction of sp³-hybridized carbons (Fsp3) is 0.417. The lowest BCUT2D eigenvalue weighted by Gasteiger charge is -2.10. The van der Waals surface area contributed by atoms with Crippen molar-refractivity contribution in [1.82, 2.24) is 15.1 Å². The topological polar surface area (TPSA) is 29.9 Å². The van der Waals surface area contributed by atoms with Gasteiger partial charge in [-0.05, 0) is 18.2 Å². The SMILES string of the molecule is CC(C)NCc1ccnn1Cc1ccc(Cl)s1. The third kappa shape index (κ3) is 3.56. The van der Waals surface area contributed by atoms with Crippen molar-refractivity contribution in [3.8, 4) is 0 Å². The van der Waals surface area contributed by atoms with Crippen molar-refractivity contribution in [1.29, 1.82) is 0 Å². The molecule has 1 N–H and O–H groups in total. The van der Waals surface area contributed by atoms with Crippen LogP contribution in [0.1, 0.15) is 24.4 Å². The first kappa shape index (κ1) is 12.6. The first-order chi connectivity index (χ1) is 8.15. The van der Waals surface area contributed by atoms with Gasteiger partial charge in [-0.3, -0.25) is 4.68 Å². The number of hydrogen-bond donors (Lipinski definition) is 1. The Morgan fingerprint density at radius 2 is 2.24 bits per heavy atom. The largest absolute Gasteiger partial charge is 0.309 e. The molecule has 0 aliphatic heterocycles. The summed E-state index contributed by atoms with van der Waals surface area (Å²) in [6.07, 6.45) is 1.84. The van der Waals surface area contributed by atoms with Crippen molar-refractivity contribution in [2.75, 3.05) is 0 Å². The van der Waals surface area contributed by atoms with E-state index in [1.807, 2.05) is 29.1 Å². The molecule has 0 spiro atoms. The molecule has 2 rings (SSSR count). The van der Waals surface area contributed by atoms with E-state index in [4.69, 9.17) is 11.6 Å². The van der Waals surface area contributed by atoms with E-state index in [0.29, 0.717) is 6.04 Å². The molecule has 0 saturated heterocycles. The predicted octanol–water partition coefficient (Wildman–Crippen LogP) is 3.14. The lowest BCUT2D eigenvalue weighted by atomic mass is 10.3. The minimum Gasteiger partial charge on any atom is -0.309 e. The molecule has 0 aliphatic carbocycles. The Hall–Kier alpha value is -0.840. The molecule has 0 radical (unpaired) electrons. The van der Waals surface area contributed by atoms with E-state index >= 15 is 0 Å². The Kier molecular flexibility index (Phi) is 4.20. The number of thiophene rings is 1. The van der Waals surface area contributed by atoms with Crippen molar-refractivity contribution in [3.63, 3.8) is 0 Å². The van der Waals surface area contributed by atoms with Gasteiger partial charge in [-0.2, -0.15) is 5.10 Å². The average Bonchev–Trinajstić information content (AvgIpc) is 2.86. The van der Waals surface area contributed by atoms with Crippen molar-refractivity contribution >= 4 is 22.9 Å². The Bertz CT molecular complexity index is 476. The standard InChI is InChI=1S/C12H16ClN3S/c1-9(2)14-7-10-5-6-15-16(10)8-11-3-4-12(13)17-11/h3-6,9,14H,7-8H2,1-2H3. The molecular formula is C12H16ClN3S. The highest BCUT2D eigenvalue weighted by Crippen LogP contribution is 2.22. The molecule has 0 bridgehead atoms. The monoisotopic (exact) mass is 269 g/mol. The first-order valence-electron chi connectivity index (χ1n) is 5.63. The molecular weight excluding hydrogens is 254 g/mol. The fourth-order valence-corrected chi connectivity index (χ4v) is 2.62. The van der Waals surface area contributed by atoms with Gasteiger partial charge in [-0.1, -0.05) is 25.4 Å². The Labute approximate surface area is 110 Å². The van der Waals surface area contributed by atoms with E-state index in [2.05, 4.69) is 24.3 Å². The van der Waals surface area contributed by atoms with E-state index < -0.39 is 0 Å². The summed E-state index contributed by atoms with van der Waals surface area (Å²) in [6.45, 7) is 5.91. The van der Waals surface area contributed by atoms with Crippen LogP contribution in [-0.4, -0.2) is 15.8 Å². The van der Waals surface area contributed by atoms with Gasteiger partial charge in [-0.15, -0.1) is 11.3 Å². The van der Waals surface area contributed by atoms with Crippen molar-refractivity contribution in [2.24, 2.45) is 0 Å². The highest BCUT2D eigenvalue weighted by Gasteiger charge is 2.05. The van der Waals surface area contributed by atoms with Gasteiger partial charge in [0.25, 0.3) is 0 Å². The van der Waals surface area contributed by atoms with Gasteiger partial charge >= 0.3 is 0 Å². The molecule has 0 aromatic carbocycles. The molecule has 0 saturated carbocycles. The molecule has 0 unspecified atom stereocenters. The van der Waals surface area contributed by atoms with Gasteiger partial charge in [0, 0.05) is 23.7 Å². The number of hydrogen-bond acceptors (Lipinski definition) is 3. The Morgan fingerprint density at radius 1 is 1.41 bits per heavy atom. The van der Waals surface area contributed by atoms with Crippen LogP contribution in [-0.2, 0) is 13.1 Å². The second-order valence-corrected chi connectivity index (χ2v) is 6.02. The molecule has 2 aromatic rings. The highest BCUT2D eigenvalue weighted by atomic mass is 35.5. The minimum atomic E-state index is 0.481. The molecule has 0 amide bonds. The lowest BCUT2D eigenvalue weighted by molar-refractivity contribution is 0.548. The number of rotatable bonds is 5. The van der Waals surface area contributed by atoms with Crippen LogP contribution in [0.2, 0.25) is 4.34 Å². The summed E-state index contributed by atoms with van der Waals surface area (Å²) in [6, 6.07) is 6.50. The summed E-state index contributed by atoms with van der Waals surface area (Å²) in [5.41, 5.74) is 1.20. The van der Waals surface area contributed by atoms with Crippen LogP contribution >= 0.6 is 22.9 Å². The maximum atomic E-state index is 5.92. The number of nitrogens with zero attached hydrogens (tertiary/aromatic N) is 2. The van der Waals surface area contributed by atoms with Gasteiger partial charge < -0.3 is 5.32 Å². The molecule has 92 valence electrons. The van der Waals surface area contributed by atoms with Gasteiger partial charge in [-0.25, -0.2) is 0 Å². The van der Waals surface area contributed by atoms with Crippen LogP contribution in [0.3, 0.4) is 0 Å². The van der Waals surface area contributed by atoms with Gasteiger partial charge in [0.15, 0.2) is 0 Å². The third-order valence-electron chi connectivity index (χ3n) is 2.43. The molecule has 2 aromatic heterocycles. The molecule has 2 heterocycles. The number of nitrogens with one attached hydrogen (secondary N) is 1. The van der Waals surface area contributed by atoms with Crippen molar-refractivity contribution < 1.29 is 0 Å². The van der Waals surface area contributed by atoms with Crippen LogP contribution in [0.15, 0.2) is 24.4 Å². The Balaban J connectivity index is 2.03. The average molecular weight is 270 g/mol. The summed E-state index contributed by atoms with van der Waals surface area (Å²) in [4.78, 5) is 1.23. The minimum absolute atomic E-state index is 0.481. The zero-order valence-corrected chi connectivity index (χ0v) is 11.6. The quantitative estimate of drug-likeness (QED) is 0.904. The molecule has 3 nitrogen and oxygen atoms in total. The third-order valence-corrected chi connectivity index (χ3v) is 3.65. The first-order valence-corrected chi connectivity index (χ1v) is 6.83. The van der Waals surface area contributed by atoms with Crippen molar-refractivity contribution in [2.45, 2.75) is 33.0 Å².